The van der Waals surface area contributed by atoms with Gasteiger partial charge >= 0.3 is 0 Å². The number of fused-ring (bicyclic) bond motifs is 2. The van der Waals surface area contributed by atoms with Gasteiger partial charge in [-0.2, -0.15) is 0 Å². The Morgan fingerprint density at radius 1 is 0.923 bits per heavy atom. The second-order valence-electron chi connectivity index (χ2n) is 7.45. The second-order valence-corrected chi connectivity index (χ2v) is 7.45. The molecule has 3 nitrogen and oxygen atoms in total. The van der Waals surface area contributed by atoms with E-state index in [1.54, 1.807) is 6.08 Å². The molecule has 0 saturated carbocycles. The number of benzene rings is 2. The van der Waals surface area contributed by atoms with E-state index in [4.69, 9.17) is 0 Å². The van der Waals surface area contributed by atoms with Crippen LogP contribution >= 0.6 is 0 Å². The predicted octanol–water partition coefficient (Wildman–Crippen LogP) is 3.04. The Morgan fingerprint density at radius 3 is 2.42 bits per heavy atom. The third-order valence-electron chi connectivity index (χ3n) is 5.82. The summed E-state index contributed by atoms with van der Waals surface area (Å²) in [5.74, 6) is 0. The Bertz CT molecular complexity index is 778. The molecule has 0 spiro atoms. The van der Waals surface area contributed by atoms with Crippen LogP contribution in [0.25, 0.3) is 0 Å². The van der Waals surface area contributed by atoms with Gasteiger partial charge < -0.3 is 10.0 Å². The molecule has 0 amide bonds. The lowest BCUT2D eigenvalue weighted by molar-refractivity contribution is 0.142. The van der Waals surface area contributed by atoms with Crippen LogP contribution in [0.5, 0.6) is 0 Å². The first-order chi connectivity index (χ1) is 12.7. The van der Waals surface area contributed by atoms with E-state index in [2.05, 4.69) is 58.8 Å². The molecule has 1 atom stereocenters. The van der Waals surface area contributed by atoms with Crippen LogP contribution in [0.3, 0.4) is 0 Å². The average Bonchev–Trinajstić information content (AvgIpc) is 2.87. The van der Waals surface area contributed by atoms with E-state index < -0.39 is 6.10 Å². The number of anilines is 1. The molecule has 1 unspecified atom stereocenters. The summed E-state index contributed by atoms with van der Waals surface area (Å²) < 4.78 is 0. The zero-order valence-electron chi connectivity index (χ0n) is 15.4. The summed E-state index contributed by atoms with van der Waals surface area (Å²) >= 11 is 0. The molecule has 1 aliphatic heterocycles. The first kappa shape index (κ1) is 17.3. The van der Waals surface area contributed by atoms with Gasteiger partial charge in [-0.05, 0) is 47.6 Å². The van der Waals surface area contributed by atoms with Gasteiger partial charge in [0.05, 0.1) is 6.10 Å². The van der Waals surface area contributed by atoms with E-state index in [9.17, 15) is 5.11 Å². The molecule has 1 fully saturated rings. The summed E-state index contributed by atoms with van der Waals surface area (Å²) in [5.41, 5.74) is 7.41. The molecule has 26 heavy (non-hydrogen) atoms. The molecule has 136 valence electrons. The van der Waals surface area contributed by atoms with Crippen molar-refractivity contribution in [3.05, 3.63) is 77.4 Å². The van der Waals surface area contributed by atoms with Gasteiger partial charge in [-0.25, -0.2) is 0 Å². The number of rotatable bonds is 4. The van der Waals surface area contributed by atoms with Crippen molar-refractivity contribution in [2.45, 2.75) is 25.4 Å². The molecule has 0 radical (unpaired) electrons. The molecule has 0 aromatic heterocycles. The van der Waals surface area contributed by atoms with Crippen molar-refractivity contribution in [2.75, 3.05) is 37.6 Å². The monoisotopic (exact) mass is 348 g/mol. The molecular weight excluding hydrogens is 320 g/mol. The van der Waals surface area contributed by atoms with Crippen molar-refractivity contribution in [3.8, 4) is 0 Å². The lowest BCUT2D eigenvalue weighted by atomic mass is 9.98. The number of hydrogen-bond donors (Lipinski definition) is 1. The van der Waals surface area contributed by atoms with Crippen LogP contribution in [0.15, 0.2) is 55.1 Å². The lowest BCUT2D eigenvalue weighted by Crippen LogP contribution is -2.48. The predicted molar refractivity (Wildman–Crippen MR) is 108 cm³/mol. The Balaban J connectivity index is 1.51. The van der Waals surface area contributed by atoms with Gasteiger partial charge in [-0.3, -0.25) is 4.90 Å². The topological polar surface area (TPSA) is 26.7 Å². The third-order valence-corrected chi connectivity index (χ3v) is 5.82. The average molecular weight is 348 g/mol. The van der Waals surface area contributed by atoms with E-state index in [1.807, 2.05) is 0 Å². The van der Waals surface area contributed by atoms with E-state index in [-0.39, 0.29) is 0 Å². The standard InChI is InChI=1S/C23H28N2O/c1-2-21(26)17-24-12-14-25(15-13-24)23-9-5-8-20-16-19-7-4-3-6-18(19)10-11-22(20)23/h2-9,21,26H,1,10-17H2. The molecular formula is C23H28N2O. The minimum atomic E-state index is -0.423. The minimum absolute atomic E-state index is 0.423. The molecule has 1 saturated heterocycles. The number of aliphatic hydroxyl groups is 1. The lowest BCUT2D eigenvalue weighted by Gasteiger charge is -2.37. The quantitative estimate of drug-likeness (QED) is 0.861. The van der Waals surface area contributed by atoms with E-state index in [0.29, 0.717) is 6.54 Å². The first-order valence-electron chi connectivity index (χ1n) is 9.70. The highest BCUT2D eigenvalue weighted by Gasteiger charge is 2.22. The summed E-state index contributed by atoms with van der Waals surface area (Å²) in [4.78, 5) is 4.87. The number of hydrogen-bond acceptors (Lipinski definition) is 3. The van der Waals surface area contributed by atoms with Crippen LogP contribution in [0, 0.1) is 0 Å². The van der Waals surface area contributed by atoms with Crippen molar-refractivity contribution < 1.29 is 5.11 Å². The second kappa shape index (κ2) is 7.65. The fourth-order valence-corrected chi connectivity index (χ4v) is 4.32. The third kappa shape index (κ3) is 3.55. The van der Waals surface area contributed by atoms with Crippen LogP contribution in [0.4, 0.5) is 5.69 Å². The highest BCUT2D eigenvalue weighted by atomic mass is 16.3. The summed E-state index contributed by atoms with van der Waals surface area (Å²) in [5, 5.41) is 9.79. The number of aryl methyl sites for hydroxylation is 1. The Labute approximate surface area is 156 Å². The summed E-state index contributed by atoms with van der Waals surface area (Å²) in [6.07, 6.45) is 4.50. The molecule has 0 bridgehead atoms. The largest absolute Gasteiger partial charge is 0.388 e. The van der Waals surface area contributed by atoms with Gasteiger partial charge in [0.25, 0.3) is 0 Å². The zero-order valence-corrected chi connectivity index (χ0v) is 15.4. The highest BCUT2D eigenvalue weighted by molar-refractivity contribution is 5.59. The Kier molecular flexibility index (Phi) is 5.09. The van der Waals surface area contributed by atoms with Crippen LogP contribution in [0.1, 0.15) is 22.3 Å². The smallest absolute Gasteiger partial charge is 0.0845 e. The maximum absolute atomic E-state index is 9.79. The number of β-amino-alcohol motifs (C(OH)–C–C–N with tert-alkyl or cyclic N) is 1. The van der Waals surface area contributed by atoms with E-state index >= 15 is 0 Å². The molecule has 2 aromatic carbocycles. The Hall–Kier alpha value is -2.10. The first-order valence-corrected chi connectivity index (χ1v) is 9.70. The van der Waals surface area contributed by atoms with Crippen molar-refractivity contribution >= 4 is 5.69 Å². The molecule has 3 heteroatoms. The summed E-state index contributed by atoms with van der Waals surface area (Å²) in [7, 11) is 0. The molecule has 2 aliphatic rings. The van der Waals surface area contributed by atoms with Crippen LogP contribution in [0.2, 0.25) is 0 Å². The minimum Gasteiger partial charge on any atom is -0.388 e. The normalized spacial score (nSPS) is 18.6. The van der Waals surface area contributed by atoms with Gasteiger partial charge in [0.1, 0.15) is 0 Å². The highest BCUT2D eigenvalue weighted by Crippen LogP contribution is 2.31. The van der Waals surface area contributed by atoms with Gasteiger partial charge in [0.15, 0.2) is 0 Å². The van der Waals surface area contributed by atoms with E-state index in [1.165, 1.54) is 27.9 Å². The maximum Gasteiger partial charge on any atom is 0.0845 e. The van der Waals surface area contributed by atoms with Crippen molar-refractivity contribution in [3.63, 3.8) is 0 Å². The number of nitrogens with zero attached hydrogens (tertiary/aromatic N) is 2. The van der Waals surface area contributed by atoms with Crippen molar-refractivity contribution in [1.29, 1.82) is 0 Å². The number of piperazine rings is 1. The van der Waals surface area contributed by atoms with Gasteiger partial charge in [-0.1, -0.05) is 42.5 Å². The van der Waals surface area contributed by atoms with Crippen molar-refractivity contribution in [2.24, 2.45) is 0 Å². The van der Waals surface area contributed by atoms with Gasteiger partial charge in [0, 0.05) is 38.4 Å². The van der Waals surface area contributed by atoms with E-state index in [0.717, 1.165) is 45.4 Å². The van der Waals surface area contributed by atoms with Gasteiger partial charge in [0.2, 0.25) is 0 Å². The van der Waals surface area contributed by atoms with Crippen LogP contribution in [-0.2, 0) is 19.3 Å². The summed E-state index contributed by atoms with van der Waals surface area (Å²) in [6.45, 7) is 8.40. The van der Waals surface area contributed by atoms with Crippen molar-refractivity contribution in [1.82, 2.24) is 4.90 Å². The molecule has 1 heterocycles. The number of aliphatic hydroxyl groups excluding tert-OH is 1. The molecule has 1 aliphatic carbocycles. The SMILES string of the molecule is C=CC(O)CN1CCN(c2cccc3c2CCc2ccccc2C3)CC1. The fourth-order valence-electron chi connectivity index (χ4n) is 4.32. The molecule has 1 N–H and O–H groups in total. The maximum atomic E-state index is 9.79. The van der Waals surface area contributed by atoms with Crippen LogP contribution < -0.4 is 4.90 Å². The molecule has 2 aromatic rings. The molecule has 4 rings (SSSR count). The fraction of sp³-hybridized carbons (Fsp3) is 0.391. The summed E-state index contributed by atoms with van der Waals surface area (Å²) in [6, 6.07) is 15.7. The zero-order chi connectivity index (χ0) is 17.9. The van der Waals surface area contributed by atoms with Crippen LogP contribution in [-0.4, -0.2) is 48.8 Å². The van der Waals surface area contributed by atoms with Gasteiger partial charge in [-0.15, -0.1) is 6.58 Å². The Morgan fingerprint density at radius 2 is 1.65 bits per heavy atom.